The van der Waals surface area contributed by atoms with Gasteiger partial charge in [-0.2, -0.15) is 0 Å². The van der Waals surface area contributed by atoms with Gasteiger partial charge in [0, 0.05) is 24.6 Å². The molecule has 2 aromatic rings. The van der Waals surface area contributed by atoms with Crippen LogP contribution in [0.15, 0.2) is 29.6 Å². The van der Waals surface area contributed by atoms with Crippen LogP contribution in [0.1, 0.15) is 47.9 Å². The lowest BCUT2D eigenvalue weighted by atomic mass is 10.1. The summed E-state index contributed by atoms with van der Waals surface area (Å²) in [6, 6.07) is 8.28. The van der Waals surface area contributed by atoms with Gasteiger partial charge in [-0.05, 0) is 38.4 Å². The average Bonchev–Trinajstić information content (AvgIpc) is 3.13. The summed E-state index contributed by atoms with van der Waals surface area (Å²) in [7, 11) is 2.06. The van der Waals surface area contributed by atoms with Crippen LogP contribution in [0.5, 0.6) is 0 Å². The summed E-state index contributed by atoms with van der Waals surface area (Å²) in [6.07, 6.45) is 0.516. The van der Waals surface area contributed by atoms with Crippen LogP contribution in [0, 0.1) is 0 Å². The van der Waals surface area contributed by atoms with Crippen molar-refractivity contribution in [2.24, 2.45) is 0 Å². The summed E-state index contributed by atoms with van der Waals surface area (Å²) in [5.74, 6) is 0. The van der Waals surface area contributed by atoms with Crippen molar-refractivity contribution in [2.75, 3.05) is 13.7 Å². The van der Waals surface area contributed by atoms with Crippen molar-refractivity contribution in [2.45, 2.75) is 45.1 Å². The number of thiazole rings is 1. The van der Waals surface area contributed by atoms with Crippen LogP contribution in [0.25, 0.3) is 0 Å². The fraction of sp³-hybridized carbons (Fsp3) is 0.500. The Balaban J connectivity index is 1.65. The lowest BCUT2D eigenvalue weighted by molar-refractivity contribution is 0.0700. The minimum absolute atomic E-state index is 0.0466. The Morgan fingerprint density at radius 1 is 1.43 bits per heavy atom. The Morgan fingerprint density at radius 3 is 2.96 bits per heavy atom. The Morgan fingerprint density at radius 2 is 2.22 bits per heavy atom. The summed E-state index contributed by atoms with van der Waals surface area (Å²) in [4.78, 5) is 6.89. The minimum Gasteiger partial charge on any atom is -0.387 e. The van der Waals surface area contributed by atoms with Gasteiger partial charge in [0.25, 0.3) is 0 Å². The van der Waals surface area contributed by atoms with E-state index in [2.05, 4.69) is 28.4 Å². The number of nitrogens with zero attached hydrogens (tertiary/aromatic N) is 2. The molecule has 1 N–H and O–H groups in total. The lowest BCUT2D eigenvalue weighted by Crippen LogP contribution is -2.34. The zero-order valence-corrected chi connectivity index (χ0v) is 14.7. The van der Waals surface area contributed by atoms with E-state index >= 15 is 0 Å². The number of aliphatic hydroxyl groups is 1. The molecule has 0 amide bonds. The predicted octanol–water partition coefficient (Wildman–Crippen LogP) is 3.33. The van der Waals surface area contributed by atoms with Crippen molar-refractivity contribution in [1.82, 2.24) is 9.88 Å². The molecule has 0 spiro atoms. The van der Waals surface area contributed by atoms with Gasteiger partial charge in [-0.25, -0.2) is 4.98 Å². The predicted molar refractivity (Wildman–Crippen MR) is 92.5 cm³/mol. The molecular weight excluding hydrogens is 308 g/mol. The average molecular weight is 332 g/mol. The highest BCUT2D eigenvalue weighted by atomic mass is 32.1. The molecule has 3 atom stereocenters. The molecule has 1 aliphatic rings. The summed E-state index contributed by atoms with van der Waals surface area (Å²) in [5, 5.41) is 13.7. The molecule has 3 unspecified atom stereocenters. The first-order valence-electron chi connectivity index (χ1n) is 8.12. The second-order valence-corrected chi connectivity index (χ2v) is 6.99. The Labute approximate surface area is 141 Å². The van der Waals surface area contributed by atoms with Crippen molar-refractivity contribution >= 4 is 11.3 Å². The van der Waals surface area contributed by atoms with Crippen LogP contribution in [0.4, 0.5) is 0 Å². The lowest BCUT2D eigenvalue weighted by Gasteiger charge is -2.26. The summed E-state index contributed by atoms with van der Waals surface area (Å²) < 4.78 is 5.60. The third-order valence-corrected chi connectivity index (χ3v) is 5.53. The van der Waals surface area contributed by atoms with E-state index < -0.39 is 6.10 Å². The van der Waals surface area contributed by atoms with Gasteiger partial charge >= 0.3 is 0 Å². The Hall–Kier alpha value is -1.27. The molecule has 0 aliphatic heterocycles. The maximum Gasteiger partial charge on any atom is 0.122 e. The van der Waals surface area contributed by atoms with Gasteiger partial charge in [-0.15, -0.1) is 11.3 Å². The van der Waals surface area contributed by atoms with Gasteiger partial charge in [-0.1, -0.05) is 24.3 Å². The van der Waals surface area contributed by atoms with Crippen molar-refractivity contribution in [3.05, 3.63) is 51.5 Å². The third kappa shape index (κ3) is 3.48. The molecular formula is C18H24N2O2S. The number of hydrogen-bond acceptors (Lipinski definition) is 5. The van der Waals surface area contributed by atoms with E-state index in [0.29, 0.717) is 6.61 Å². The van der Waals surface area contributed by atoms with Gasteiger partial charge in [0.1, 0.15) is 11.1 Å². The monoisotopic (exact) mass is 332 g/mol. The molecule has 124 valence electrons. The van der Waals surface area contributed by atoms with Crippen molar-refractivity contribution in [3.63, 3.8) is 0 Å². The van der Waals surface area contributed by atoms with Crippen LogP contribution < -0.4 is 0 Å². The number of rotatable bonds is 6. The van der Waals surface area contributed by atoms with Crippen LogP contribution in [0.2, 0.25) is 0 Å². The van der Waals surface area contributed by atoms with E-state index in [1.165, 1.54) is 5.56 Å². The SMILES string of the molecule is CCOC(C)c1nc(CN(C)C2Cc3ccccc3C2O)cs1. The summed E-state index contributed by atoms with van der Waals surface area (Å²) in [5.41, 5.74) is 3.36. The molecule has 0 bridgehead atoms. The first kappa shape index (κ1) is 16.6. The molecule has 0 saturated heterocycles. The van der Waals surface area contributed by atoms with Crippen molar-refractivity contribution in [3.8, 4) is 0 Å². The molecule has 23 heavy (non-hydrogen) atoms. The molecule has 0 fully saturated rings. The van der Waals surface area contributed by atoms with Crippen LogP contribution in [0.3, 0.4) is 0 Å². The van der Waals surface area contributed by atoms with E-state index in [9.17, 15) is 5.11 Å². The Bertz CT molecular complexity index is 658. The van der Waals surface area contributed by atoms with Gasteiger partial charge < -0.3 is 9.84 Å². The number of likely N-dealkylation sites (N-methyl/N-ethyl adjacent to an activating group) is 1. The molecule has 1 aliphatic carbocycles. The smallest absolute Gasteiger partial charge is 0.122 e. The van der Waals surface area contributed by atoms with E-state index in [1.54, 1.807) is 11.3 Å². The van der Waals surface area contributed by atoms with E-state index in [0.717, 1.165) is 29.2 Å². The van der Waals surface area contributed by atoms with Crippen LogP contribution >= 0.6 is 11.3 Å². The number of ether oxygens (including phenoxy) is 1. The zero-order valence-electron chi connectivity index (χ0n) is 13.9. The van der Waals surface area contributed by atoms with Gasteiger partial charge in [0.15, 0.2) is 0 Å². The number of aromatic nitrogens is 1. The summed E-state index contributed by atoms with van der Waals surface area (Å²) in [6.45, 7) is 5.47. The topological polar surface area (TPSA) is 45.6 Å². The molecule has 1 aromatic carbocycles. The maximum atomic E-state index is 10.6. The zero-order chi connectivity index (χ0) is 16.4. The molecule has 4 nitrogen and oxygen atoms in total. The fourth-order valence-electron chi connectivity index (χ4n) is 3.23. The van der Waals surface area contributed by atoms with E-state index in [4.69, 9.17) is 4.74 Å². The quantitative estimate of drug-likeness (QED) is 0.881. The van der Waals surface area contributed by atoms with Gasteiger partial charge in [0.05, 0.1) is 11.8 Å². The molecule has 0 saturated carbocycles. The van der Waals surface area contributed by atoms with Crippen molar-refractivity contribution in [1.29, 1.82) is 0 Å². The second-order valence-electron chi connectivity index (χ2n) is 6.10. The van der Waals surface area contributed by atoms with Gasteiger partial charge in [0.2, 0.25) is 0 Å². The van der Waals surface area contributed by atoms with E-state index in [-0.39, 0.29) is 12.1 Å². The first-order valence-corrected chi connectivity index (χ1v) is 9.00. The van der Waals surface area contributed by atoms with Crippen molar-refractivity contribution < 1.29 is 9.84 Å². The highest BCUT2D eigenvalue weighted by Crippen LogP contribution is 2.34. The van der Waals surface area contributed by atoms with Crippen LogP contribution in [-0.2, 0) is 17.7 Å². The first-order chi connectivity index (χ1) is 11.1. The molecule has 1 heterocycles. The van der Waals surface area contributed by atoms with E-state index in [1.807, 2.05) is 32.0 Å². The normalized spacial score (nSPS) is 21.6. The fourth-order valence-corrected chi connectivity index (χ4v) is 4.04. The number of fused-ring (bicyclic) bond motifs is 1. The minimum atomic E-state index is -0.420. The Kier molecular flexibility index (Phi) is 5.11. The number of benzene rings is 1. The molecule has 3 rings (SSSR count). The standard InChI is InChI=1S/C18H24N2O2S/c1-4-22-12(2)18-19-14(11-23-18)10-20(3)16-9-13-7-5-6-8-15(13)17(16)21/h5-8,11-12,16-17,21H,4,9-10H2,1-3H3. The molecule has 0 radical (unpaired) electrons. The molecule has 1 aromatic heterocycles. The summed E-state index contributed by atoms with van der Waals surface area (Å²) >= 11 is 1.64. The van der Waals surface area contributed by atoms with Crippen LogP contribution in [-0.4, -0.2) is 34.7 Å². The highest BCUT2D eigenvalue weighted by molar-refractivity contribution is 7.09. The van der Waals surface area contributed by atoms with Gasteiger partial charge in [-0.3, -0.25) is 4.90 Å². The largest absolute Gasteiger partial charge is 0.387 e. The number of aliphatic hydroxyl groups excluding tert-OH is 1. The second kappa shape index (κ2) is 7.09. The third-order valence-electron chi connectivity index (χ3n) is 4.48. The molecule has 5 heteroatoms. The maximum absolute atomic E-state index is 10.6. The highest BCUT2D eigenvalue weighted by Gasteiger charge is 2.33. The number of hydrogen-bond donors (Lipinski definition) is 1.